The van der Waals surface area contributed by atoms with Crippen molar-refractivity contribution in [1.29, 1.82) is 0 Å². The Morgan fingerprint density at radius 3 is 2.35 bits per heavy atom. The first-order chi connectivity index (χ1) is 11.0. The fourth-order valence-electron chi connectivity index (χ4n) is 3.07. The molecule has 1 aromatic heterocycles. The molecule has 2 aliphatic rings. The first-order valence-corrected chi connectivity index (χ1v) is 7.76. The molecule has 124 valence electrons. The lowest BCUT2D eigenvalue weighted by molar-refractivity contribution is -0.142. The highest BCUT2D eigenvalue weighted by Crippen LogP contribution is 2.24. The first kappa shape index (κ1) is 15.5. The van der Waals surface area contributed by atoms with E-state index in [0.29, 0.717) is 44.8 Å². The van der Waals surface area contributed by atoms with Gasteiger partial charge in [0.2, 0.25) is 11.8 Å². The fourth-order valence-corrected chi connectivity index (χ4v) is 3.07. The lowest BCUT2D eigenvalue weighted by Gasteiger charge is -2.41. The molecule has 8 heteroatoms. The number of rotatable bonds is 3. The van der Waals surface area contributed by atoms with Crippen molar-refractivity contribution in [3.63, 3.8) is 0 Å². The number of carbonyl (C=O) groups is 3. The van der Waals surface area contributed by atoms with Gasteiger partial charge in [-0.3, -0.25) is 14.4 Å². The number of carbonyl (C=O) groups excluding carboxylic acids is 3. The first-order valence-electron chi connectivity index (χ1n) is 7.76. The second-order valence-electron chi connectivity index (χ2n) is 6.23. The maximum atomic E-state index is 12.4. The van der Waals surface area contributed by atoms with Crippen molar-refractivity contribution >= 4 is 17.7 Å². The second-order valence-corrected chi connectivity index (χ2v) is 6.23. The van der Waals surface area contributed by atoms with Crippen molar-refractivity contribution in [1.82, 2.24) is 15.0 Å². The Balaban J connectivity index is 1.49. The SMILES string of the molecule is Cc1cc(C(=O)N2CC(C(=O)N3CCC(C(N)=O)CC3)C2)no1. The zero-order chi connectivity index (χ0) is 16.6. The molecule has 0 radical (unpaired) electrons. The van der Waals surface area contributed by atoms with E-state index < -0.39 is 0 Å². The van der Waals surface area contributed by atoms with Gasteiger partial charge >= 0.3 is 0 Å². The van der Waals surface area contributed by atoms with Gasteiger partial charge in [-0.1, -0.05) is 5.16 Å². The van der Waals surface area contributed by atoms with Gasteiger partial charge in [0, 0.05) is 38.2 Å². The Kier molecular flexibility index (Phi) is 4.06. The molecule has 3 rings (SSSR count). The highest BCUT2D eigenvalue weighted by molar-refractivity contribution is 5.94. The van der Waals surface area contributed by atoms with Crippen LogP contribution in [-0.2, 0) is 9.59 Å². The van der Waals surface area contributed by atoms with Crippen molar-refractivity contribution in [2.24, 2.45) is 17.6 Å². The number of nitrogens with zero attached hydrogens (tertiary/aromatic N) is 3. The van der Waals surface area contributed by atoms with E-state index in [4.69, 9.17) is 10.3 Å². The van der Waals surface area contributed by atoms with Gasteiger partial charge in [0.05, 0.1) is 5.92 Å². The summed E-state index contributed by atoms with van der Waals surface area (Å²) in [4.78, 5) is 39.0. The van der Waals surface area contributed by atoms with Crippen molar-refractivity contribution < 1.29 is 18.9 Å². The standard InChI is InChI=1S/C15H20N4O4/c1-9-6-12(17-23-9)15(22)19-7-11(8-19)14(21)18-4-2-10(3-5-18)13(16)20/h6,10-11H,2-5,7-8H2,1H3,(H2,16,20). The quantitative estimate of drug-likeness (QED) is 0.828. The van der Waals surface area contributed by atoms with Gasteiger partial charge in [0.15, 0.2) is 5.69 Å². The summed E-state index contributed by atoms with van der Waals surface area (Å²) in [5, 5.41) is 3.70. The molecule has 2 fully saturated rings. The number of primary amides is 1. The molecule has 0 saturated carbocycles. The molecule has 23 heavy (non-hydrogen) atoms. The minimum Gasteiger partial charge on any atom is -0.369 e. The topological polar surface area (TPSA) is 110 Å². The van der Waals surface area contributed by atoms with Crippen LogP contribution in [0, 0.1) is 18.8 Å². The van der Waals surface area contributed by atoms with Crippen molar-refractivity contribution in [2.45, 2.75) is 19.8 Å². The summed E-state index contributed by atoms with van der Waals surface area (Å²) in [6, 6.07) is 1.59. The number of nitrogens with two attached hydrogens (primary N) is 1. The van der Waals surface area contributed by atoms with Crippen LogP contribution in [0.15, 0.2) is 10.6 Å². The van der Waals surface area contributed by atoms with Crippen LogP contribution in [0.1, 0.15) is 29.1 Å². The van der Waals surface area contributed by atoms with Crippen LogP contribution in [-0.4, -0.2) is 58.9 Å². The van der Waals surface area contributed by atoms with Gasteiger partial charge in [-0.05, 0) is 19.8 Å². The molecule has 0 bridgehead atoms. The largest absolute Gasteiger partial charge is 0.369 e. The molecule has 1 aromatic rings. The number of piperidine rings is 1. The highest BCUT2D eigenvalue weighted by atomic mass is 16.5. The molecule has 0 atom stereocenters. The maximum Gasteiger partial charge on any atom is 0.276 e. The van der Waals surface area contributed by atoms with Gasteiger partial charge in [-0.2, -0.15) is 0 Å². The van der Waals surface area contributed by atoms with E-state index in [9.17, 15) is 14.4 Å². The van der Waals surface area contributed by atoms with Crippen LogP contribution in [0.4, 0.5) is 0 Å². The third-order valence-electron chi connectivity index (χ3n) is 4.57. The van der Waals surface area contributed by atoms with E-state index in [0.717, 1.165) is 0 Å². The minimum atomic E-state index is -0.291. The molecule has 2 saturated heterocycles. The molecular formula is C15H20N4O4. The molecule has 2 aliphatic heterocycles. The van der Waals surface area contributed by atoms with Crippen LogP contribution >= 0.6 is 0 Å². The van der Waals surface area contributed by atoms with Crippen molar-refractivity contribution in [3.05, 3.63) is 17.5 Å². The van der Waals surface area contributed by atoms with E-state index >= 15 is 0 Å². The summed E-state index contributed by atoms with van der Waals surface area (Å²) in [6.45, 7) is 3.64. The van der Waals surface area contributed by atoms with E-state index in [1.165, 1.54) is 0 Å². The van der Waals surface area contributed by atoms with E-state index in [-0.39, 0.29) is 35.3 Å². The fraction of sp³-hybridized carbons (Fsp3) is 0.600. The molecule has 0 spiro atoms. The lowest BCUT2D eigenvalue weighted by atomic mass is 9.93. The highest BCUT2D eigenvalue weighted by Gasteiger charge is 2.40. The molecular weight excluding hydrogens is 300 g/mol. The Bertz CT molecular complexity index is 627. The van der Waals surface area contributed by atoms with E-state index in [1.807, 2.05) is 0 Å². The molecule has 0 unspecified atom stereocenters. The van der Waals surface area contributed by atoms with Gasteiger partial charge < -0.3 is 20.1 Å². The number of aryl methyl sites for hydroxylation is 1. The summed E-state index contributed by atoms with van der Waals surface area (Å²) in [5.41, 5.74) is 5.57. The summed E-state index contributed by atoms with van der Waals surface area (Å²) in [7, 11) is 0. The lowest BCUT2D eigenvalue weighted by Crippen LogP contribution is -2.57. The minimum absolute atomic E-state index is 0.0494. The summed E-state index contributed by atoms with van der Waals surface area (Å²) < 4.78 is 4.89. The number of amides is 3. The molecule has 3 heterocycles. The smallest absolute Gasteiger partial charge is 0.276 e. The zero-order valence-electron chi connectivity index (χ0n) is 13.0. The second kappa shape index (κ2) is 6.02. The molecule has 0 aromatic carbocycles. The Hall–Kier alpha value is -2.38. The van der Waals surface area contributed by atoms with Crippen LogP contribution in [0.5, 0.6) is 0 Å². The maximum absolute atomic E-state index is 12.4. The van der Waals surface area contributed by atoms with E-state index in [1.54, 1.807) is 22.8 Å². The van der Waals surface area contributed by atoms with Crippen LogP contribution in [0.3, 0.4) is 0 Å². The van der Waals surface area contributed by atoms with Crippen molar-refractivity contribution in [2.75, 3.05) is 26.2 Å². The number of hydrogen-bond acceptors (Lipinski definition) is 5. The van der Waals surface area contributed by atoms with Gasteiger partial charge in [0.25, 0.3) is 5.91 Å². The number of likely N-dealkylation sites (tertiary alicyclic amines) is 2. The van der Waals surface area contributed by atoms with Gasteiger partial charge in [-0.25, -0.2) is 0 Å². The van der Waals surface area contributed by atoms with Crippen molar-refractivity contribution in [3.8, 4) is 0 Å². The normalized spacial score (nSPS) is 19.5. The molecule has 0 aliphatic carbocycles. The number of hydrogen-bond donors (Lipinski definition) is 1. The third kappa shape index (κ3) is 3.06. The Labute approximate surface area is 133 Å². The van der Waals surface area contributed by atoms with Crippen LogP contribution < -0.4 is 5.73 Å². The predicted octanol–water partition coefficient (Wildman–Crippen LogP) is -0.221. The van der Waals surface area contributed by atoms with Gasteiger partial charge in [0.1, 0.15) is 5.76 Å². The average molecular weight is 320 g/mol. The monoisotopic (exact) mass is 320 g/mol. The number of aromatic nitrogens is 1. The summed E-state index contributed by atoms with van der Waals surface area (Å²) in [5.74, 6) is -0.170. The van der Waals surface area contributed by atoms with Crippen LogP contribution in [0.2, 0.25) is 0 Å². The Morgan fingerprint density at radius 2 is 1.83 bits per heavy atom. The summed E-state index contributed by atoms with van der Waals surface area (Å²) in [6.07, 6.45) is 1.24. The molecule has 2 N–H and O–H groups in total. The average Bonchev–Trinajstić information content (AvgIpc) is 2.92. The zero-order valence-corrected chi connectivity index (χ0v) is 13.0. The molecule has 3 amide bonds. The third-order valence-corrected chi connectivity index (χ3v) is 4.57. The van der Waals surface area contributed by atoms with Gasteiger partial charge in [-0.15, -0.1) is 0 Å². The van der Waals surface area contributed by atoms with E-state index in [2.05, 4.69) is 5.16 Å². The predicted molar refractivity (Wildman–Crippen MR) is 79.1 cm³/mol. The molecule has 8 nitrogen and oxygen atoms in total. The van der Waals surface area contributed by atoms with Crippen LogP contribution in [0.25, 0.3) is 0 Å². The Morgan fingerprint density at radius 1 is 1.17 bits per heavy atom. The summed E-state index contributed by atoms with van der Waals surface area (Å²) >= 11 is 0.